The van der Waals surface area contributed by atoms with Gasteiger partial charge < -0.3 is 0 Å². The van der Waals surface area contributed by atoms with Crippen LogP contribution in [-0.2, 0) is 30.5 Å². The summed E-state index contributed by atoms with van der Waals surface area (Å²) in [5.41, 5.74) is 4.68. The molecule has 0 saturated carbocycles. The summed E-state index contributed by atoms with van der Waals surface area (Å²) in [7, 11) is 1.82. The number of hydrogen-bond acceptors (Lipinski definition) is 1. The number of rotatable bonds is 7. The van der Waals surface area contributed by atoms with Crippen LogP contribution in [0.2, 0.25) is 0 Å². The Bertz CT molecular complexity index is 2100. The summed E-state index contributed by atoms with van der Waals surface area (Å²) in [4.78, 5) is 0. The van der Waals surface area contributed by atoms with E-state index >= 15 is 4.39 Å². The lowest BCUT2D eigenvalue weighted by atomic mass is 9.64. The highest BCUT2D eigenvalue weighted by Gasteiger charge is 2.50. The van der Waals surface area contributed by atoms with Crippen molar-refractivity contribution in [3.05, 3.63) is 101 Å². The third kappa shape index (κ3) is 4.50. The van der Waals surface area contributed by atoms with Crippen molar-refractivity contribution in [2.45, 2.75) is 83.7 Å². The van der Waals surface area contributed by atoms with Crippen LogP contribution in [0.5, 0.6) is 0 Å². The number of allylic oxidation sites excluding steroid dienone is 1. The van der Waals surface area contributed by atoms with Crippen LogP contribution in [0.4, 0.5) is 17.6 Å². The van der Waals surface area contributed by atoms with Crippen LogP contribution >= 0.6 is 0 Å². The number of hydrogen-bond donors (Lipinski definition) is 0. The lowest BCUT2D eigenvalue weighted by molar-refractivity contribution is -0.660. The lowest BCUT2D eigenvalue weighted by Gasteiger charge is -2.38. The minimum Gasteiger partial charge on any atom is -0.223 e. The Labute approximate surface area is 273 Å². The highest BCUT2D eigenvalue weighted by Crippen LogP contribution is 2.56. The van der Waals surface area contributed by atoms with E-state index in [1.54, 1.807) is 16.7 Å². The number of benzene rings is 2. The van der Waals surface area contributed by atoms with E-state index in [0.29, 0.717) is 35.5 Å². The second kappa shape index (κ2) is 10.9. The first-order valence-corrected chi connectivity index (χ1v) is 16.6. The normalized spacial score (nSPS) is 15.9. The molecular weight excluding hydrogens is 600 g/mol. The molecule has 3 aromatic heterocycles. The third-order valence-electron chi connectivity index (χ3n) is 10.7. The molecule has 0 N–H and O–H groups in total. The maximum absolute atomic E-state index is 16.4. The number of unbranched alkanes of at least 4 members (excludes halogenated alkanes) is 1. The average molecular weight is 641 g/mol. The van der Waals surface area contributed by atoms with Gasteiger partial charge in [-0.3, -0.25) is 0 Å². The summed E-state index contributed by atoms with van der Waals surface area (Å²) in [5.74, 6) is -0.276. The minimum atomic E-state index is -4.65. The molecule has 8 heteroatoms. The van der Waals surface area contributed by atoms with Gasteiger partial charge in [-0.25, -0.2) is 9.07 Å². The highest BCUT2D eigenvalue weighted by atomic mass is 19.4. The van der Waals surface area contributed by atoms with Gasteiger partial charge in [0, 0.05) is 40.7 Å². The number of aromatic nitrogens is 4. The zero-order valence-corrected chi connectivity index (χ0v) is 27.8. The molecule has 47 heavy (non-hydrogen) atoms. The van der Waals surface area contributed by atoms with Gasteiger partial charge in [-0.2, -0.15) is 27.4 Å². The van der Waals surface area contributed by atoms with Gasteiger partial charge in [-0.05, 0) is 59.9 Å². The van der Waals surface area contributed by atoms with Gasteiger partial charge in [0.05, 0.1) is 10.9 Å². The van der Waals surface area contributed by atoms with Crippen LogP contribution in [0, 0.1) is 5.82 Å². The zero-order chi connectivity index (χ0) is 33.5. The molecule has 1 aliphatic heterocycles. The summed E-state index contributed by atoms with van der Waals surface area (Å²) < 4.78 is 64.9. The summed E-state index contributed by atoms with van der Waals surface area (Å²) in [6.45, 7) is 10.5. The van der Waals surface area contributed by atoms with E-state index in [1.165, 1.54) is 10.2 Å². The van der Waals surface area contributed by atoms with E-state index in [0.717, 1.165) is 58.5 Å². The molecule has 2 aromatic carbocycles. The molecule has 0 saturated heterocycles. The smallest absolute Gasteiger partial charge is 0.223 e. The van der Waals surface area contributed by atoms with Gasteiger partial charge in [0.1, 0.15) is 24.3 Å². The van der Waals surface area contributed by atoms with E-state index in [-0.39, 0.29) is 5.82 Å². The largest absolute Gasteiger partial charge is 0.435 e. The second-order valence-corrected chi connectivity index (χ2v) is 13.6. The van der Waals surface area contributed by atoms with Crippen LogP contribution in [0.15, 0.2) is 67.0 Å². The molecule has 4 heterocycles. The van der Waals surface area contributed by atoms with Crippen molar-refractivity contribution in [3.63, 3.8) is 0 Å². The van der Waals surface area contributed by atoms with Crippen LogP contribution < -0.4 is 9.13 Å². The zero-order valence-electron chi connectivity index (χ0n) is 27.8. The van der Waals surface area contributed by atoms with Gasteiger partial charge in [-0.15, -0.1) is 0 Å². The first-order chi connectivity index (χ1) is 22.4. The Hall–Kier alpha value is -4.33. The molecule has 0 unspecified atom stereocenters. The topological polar surface area (TPSA) is 25.6 Å². The Kier molecular flexibility index (Phi) is 7.23. The molecule has 1 aliphatic carbocycles. The molecule has 242 valence electrons. The number of halogens is 4. The summed E-state index contributed by atoms with van der Waals surface area (Å²) >= 11 is 0. The minimum absolute atomic E-state index is 0.276. The predicted octanol–water partition coefficient (Wildman–Crippen LogP) is 9.15. The SMILES string of the molecule is CCCCc1cc2c3c4[n+](ccc3c1)C=C(n1nc(C(F)(F)F)cc1-c1cccc[n+]1C)C(CC)(CC)c1ccc(F)c(c1-4)C2(C)C. The van der Waals surface area contributed by atoms with Gasteiger partial charge in [0.2, 0.25) is 11.4 Å². The molecule has 7 rings (SSSR count). The molecule has 0 bridgehead atoms. The predicted molar refractivity (Wildman–Crippen MR) is 177 cm³/mol. The lowest BCUT2D eigenvalue weighted by Crippen LogP contribution is -2.35. The monoisotopic (exact) mass is 640 g/mol. The molecule has 0 radical (unpaired) electrons. The Morgan fingerprint density at radius 1 is 0.915 bits per heavy atom. The van der Waals surface area contributed by atoms with Crippen molar-refractivity contribution < 1.29 is 26.7 Å². The number of alkyl halides is 3. The maximum Gasteiger partial charge on any atom is 0.435 e. The van der Waals surface area contributed by atoms with Gasteiger partial charge in [-0.1, -0.05) is 59.2 Å². The van der Waals surface area contributed by atoms with E-state index in [1.807, 2.05) is 48.4 Å². The molecule has 0 atom stereocenters. The van der Waals surface area contributed by atoms with Crippen molar-refractivity contribution in [2.75, 3.05) is 0 Å². The van der Waals surface area contributed by atoms with E-state index in [9.17, 15) is 13.2 Å². The van der Waals surface area contributed by atoms with Crippen LogP contribution in [0.3, 0.4) is 0 Å². The number of aryl methyl sites for hydroxylation is 2. The van der Waals surface area contributed by atoms with Gasteiger partial charge >= 0.3 is 6.18 Å². The quantitative estimate of drug-likeness (QED) is 0.129. The average Bonchev–Trinajstić information content (AvgIpc) is 3.44. The van der Waals surface area contributed by atoms with Crippen molar-refractivity contribution in [3.8, 4) is 22.6 Å². The first-order valence-electron chi connectivity index (χ1n) is 16.6. The van der Waals surface area contributed by atoms with Crippen molar-refractivity contribution in [1.82, 2.24) is 9.78 Å². The van der Waals surface area contributed by atoms with E-state index in [4.69, 9.17) is 0 Å². The Morgan fingerprint density at radius 3 is 2.36 bits per heavy atom. The second-order valence-electron chi connectivity index (χ2n) is 13.6. The fraction of sp³-hybridized carbons (Fsp3) is 0.359. The molecule has 0 spiro atoms. The van der Waals surface area contributed by atoms with E-state index in [2.05, 4.69) is 57.9 Å². The van der Waals surface area contributed by atoms with Crippen LogP contribution in [0.1, 0.15) is 88.2 Å². The standard InChI is InChI=1S/C39H40F4N4/c1-7-10-13-24-20-25-17-19-46-23-32(47-30(22-31(44-47)39(41,42)43)29-14-11-12-18-45(29)6)38(8-2,9-3)26-15-16-28(40)35-34(26)36(46)33(25)27(21-24)37(35,4)5/h11-12,14-23H,7-10,13H2,1-6H3/q+2. The van der Waals surface area contributed by atoms with Crippen molar-refractivity contribution in [1.29, 1.82) is 0 Å². The van der Waals surface area contributed by atoms with Gasteiger partial charge in [0.25, 0.3) is 0 Å². The molecular formula is C39H40F4N4+2. The Morgan fingerprint density at radius 2 is 1.68 bits per heavy atom. The highest BCUT2D eigenvalue weighted by molar-refractivity contribution is 6.02. The number of nitrogens with zero attached hydrogens (tertiary/aromatic N) is 4. The van der Waals surface area contributed by atoms with Crippen molar-refractivity contribution in [2.24, 2.45) is 7.05 Å². The molecule has 5 aromatic rings. The molecule has 0 amide bonds. The first kappa shape index (κ1) is 31.3. The molecule has 2 aliphatic rings. The fourth-order valence-corrected chi connectivity index (χ4v) is 8.15. The number of pyridine rings is 2. The maximum atomic E-state index is 16.4. The van der Waals surface area contributed by atoms with Gasteiger partial charge in [0.15, 0.2) is 24.3 Å². The van der Waals surface area contributed by atoms with Crippen LogP contribution in [0.25, 0.3) is 45.3 Å². The van der Waals surface area contributed by atoms with Crippen molar-refractivity contribution >= 4 is 22.7 Å². The third-order valence-corrected chi connectivity index (χ3v) is 10.7. The van der Waals surface area contributed by atoms with E-state index < -0.39 is 22.7 Å². The van der Waals surface area contributed by atoms with Crippen LogP contribution in [-0.4, -0.2) is 9.78 Å². The summed E-state index contributed by atoms with van der Waals surface area (Å²) in [6.07, 6.45) is 5.29. The fourth-order valence-electron chi connectivity index (χ4n) is 8.15. The summed E-state index contributed by atoms with van der Waals surface area (Å²) in [6, 6.07) is 16.6. The Balaban J connectivity index is 1.64. The molecule has 4 nitrogen and oxygen atoms in total. The summed E-state index contributed by atoms with van der Waals surface area (Å²) in [5, 5.41) is 6.45. The molecule has 0 fully saturated rings.